The molecule has 2 N–H and O–H groups in total. The average molecular weight is 322 g/mol. The summed E-state index contributed by atoms with van der Waals surface area (Å²) < 4.78 is 5.37. The molecule has 0 bridgehead atoms. The second-order valence-electron chi connectivity index (χ2n) is 5.12. The highest BCUT2D eigenvalue weighted by atomic mass is 32.1. The van der Waals surface area contributed by atoms with E-state index >= 15 is 0 Å². The van der Waals surface area contributed by atoms with E-state index in [4.69, 9.17) is 17.0 Å². The maximum atomic E-state index is 11.8. The Morgan fingerprint density at radius 1 is 1.09 bits per heavy atom. The topological polar surface area (TPSA) is 50.4 Å². The van der Waals surface area contributed by atoms with E-state index in [1.807, 2.05) is 31.2 Å². The molecule has 0 atom stereocenters. The van der Waals surface area contributed by atoms with Gasteiger partial charge < -0.3 is 15.4 Å². The summed E-state index contributed by atoms with van der Waals surface area (Å²) in [6, 6.07) is 7.47. The molecule has 1 aromatic rings. The van der Waals surface area contributed by atoms with Gasteiger partial charge in [0, 0.05) is 12.1 Å². The number of nitrogens with one attached hydrogen (secondary N) is 2. The molecule has 0 saturated heterocycles. The van der Waals surface area contributed by atoms with E-state index in [0.29, 0.717) is 18.1 Å². The molecule has 1 amide bonds. The van der Waals surface area contributed by atoms with E-state index in [1.165, 1.54) is 19.3 Å². The van der Waals surface area contributed by atoms with Crippen LogP contribution in [0.15, 0.2) is 24.3 Å². The molecule has 122 valence electrons. The molecule has 0 heterocycles. The lowest BCUT2D eigenvalue weighted by molar-refractivity contribution is -0.119. The Labute approximate surface area is 138 Å². The van der Waals surface area contributed by atoms with Gasteiger partial charge in [-0.15, -0.1) is 0 Å². The Morgan fingerprint density at radius 3 is 2.41 bits per heavy atom. The Hall–Kier alpha value is -1.62. The third kappa shape index (κ3) is 7.98. The average Bonchev–Trinajstić information content (AvgIpc) is 2.49. The summed E-state index contributed by atoms with van der Waals surface area (Å²) in [4.78, 5) is 11.8. The van der Waals surface area contributed by atoms with E-state index in [0.717, 1.165) is 24.3 Å². The van der Waals surface area contributed by atoms with Crippen LogP contribution in [0, 0.1) is 0 Å². The van der Waals surface area contributed by atoms with Crippen molar-refractivity contribution in [2.75, 3.05) is 11.9 Å². The van der Waals surface area contributed by atoms with Crippen molar-refractivity contribution in [2.24, 2.45) is 0 Å². The van der Waals surface area contributed by atoms with Crippen molar-refractivity contribution in [1.29, 1.82) is 0 Å². The van der Waals surface area contributed by atoms with Gasteiger partial charge in [-0.1, -0.05) is 32.6 Å². The molecule has 1 aromatic carbocycles. The van der Waals surface area contributed by atoms with E-state index < -0.39 is 0 Å². The normalized spacial score (nSPS) is 10.1. The van der Waals surface area contributed by atoms with Crippen LogP contribution in [0.5, 0.6) is 5.75 Å². The molecule has 0 spiro atoms. The first-order valence-corrected chi connectivity index (χ1v) is 8.40. The number of benzene rings is 1. The first kappa shape index (κ1) is 18.4. The zero-order valence-corrected chi connectivity index (χ0v) is 14.3. The Morgan fingerprint density at radius 2 is 1.77 bits per heavy atom. The zero-order valence-electron chi connectivity index (χ0n) is 13.5. The minimum absolute atomic E-state index is 0.0278. The van der Waals surface area contributed by atoms with Gasteiger partial charge >= 0.3 is 0 Å². The lowest BCUT2D eigenvalue weighted by Crippen LogP contribution is -2.33. The molecule has 0 unspecified atom stereocenters. The molecule has 0 aromatic heterocycles. The van der Waals surface area contributed by atoms with Gasteiger partial charge in [0.2, 0.25) is 5.91 Å². The first-order chi connectivity index (χ1) is 10.7. The molecule has 5 heteroatoms. The first-order valence-electron chi connectivity index (χ1n) is 7.99. The van der Waals surface area contributed by atoms with Gasteiger partial charge in [0.15, 0.2) is 5.11 Å². The minimum Gasteiger partial charge on any atom is -0.494 e. The van der Waals surface area contributed by atoms with Gasteiger partial charge in [-0.3, -0.25) is 4.79 Å². The van der Waals surface area contributed by atoms with Gasteiger partial charge in [0.1, 0.15) is 5.75 Å². The van der Waals surface area contributed by atoms with Crippen molar-refractivity contribution in [3.63, 3.8) is 0 Å². The molecule has 0 radical (unpaired) electrons. The maximum Gasteiger partial charge on any atom is 0.226 e. The van der Waals surface area contributed by atoms with Crippen LogP contribution in [0.4, 0.5) is 5.69 Å². The summed E-state index contributed by atoms with van der Waals surface area (Å²) in [5.74, 6) is 0.787. The van der Waals surface area contributed by atoms with Crippen LogP contribution in [0.25, 0.3) is 0 Å². The van der Waals surface area contributed by atoms with Gasteiger partial charge in [-0.25, -0.2) is 0 Å². The number of hydrogen-bond donors (Lipinski definition) is 2. The predicted molar refractivity (Wildman–Crippen MR) is 95.4 cm³/mol. The largest absolute Gasteiger partial charge is 0.494 e. The second kappa shape index (κ2) is 11.0. The third-order valence-corrected chi connectivity index (χ3v) is 3.39. The number of thiocarbonyl (C=S) groups is 1. The number of amides is 1. The lowest BCUT2D eigenvalue weighted by Gasteiger charge is -2.10. The predicted octanol–water partition coefficient (Wildman–Crippen LogP) is 4.26. The van der Waals surface area contributed by atoms with Crippen LogP contribution < -0.4 is 15.4 Å². The number of rotatable bonds is 9. The highest BCUT2D eigenvalue weighted by Gasteiger charge is 2.05. The molecule has 0 aliphatic carbocycles. The molecular weight excluding hydrogens is 296 g/mol. The van der Waals surface area contributed by atoms with Gasteiger partial charge in [-0.05, 0) is 49.8 Å². The molecule has 0 saturated carbocycles. The molecule has 0 aliphatic heterocycles. The maximum absolute atomic E-state index is 11.8. The lowest BCUT2D eigenvalue weighted by atomic mass is 10.1. The SMILES string of the molecule is CCCCCCCC(=O)NC(=S)Nc1ccc(OCC)cc1. The molecule has 0 fully saturated rings. The van der Waals surface area contributed by atoms with Crippen molar-refractivity contribution in [3.05, 3.63) is 24.3 Å². The fraction of sp³-hybridized carbons (Fsp3) is 0.529. The van der Waals surface area contributed by atoms with Crippen LogP contribution in [-0.2, 0) is 4.79 Å². The van der Waals surface area contributed by atoms with E-state index in [2.05, 4.69) is 17.6 Å². The van der Waals surface area contributed by atoms with Crippen molar-refractivity contribution in [3.8, 4) is 5.75 Å². The standard InChI is InChI=1S/C17H26N2O2S/c1-3-5-6-7-8-9-16(20)19-17(22)18-14-10-12-15(13-11-14)21-4-2/h10-13H,3-9H2,1-2H3,(H2,18,19,20,22). The molecule has 22 heavy (non-hydrogen) atoms. The highest BCUT2D eigenvalue weighted by molar-refractivity contribution is 7.80. The second-order valence-corrected chi connectivity index (χ2v) is 5.53. The van der Waals surface area contributed by atoms with Crippen LogP contribution in [0.1, 0.15) is 52.4 Å². The van der Waals surface area contributed by atoms with Crippen molar-refractivity contribution in [1.82, 2.24) is 5.32 Å². The van der Waals surface area contributed by atoms with E-state index in [1.54, 1.807) is 0 Å². The van der Waals surface area contributed by atoms with Gasteiger partial charge in [-0.2, -0.15) is 0 Å². The van der Waals surface area contributed by atoms with Crippen LogP contribution >= 0.6 is 12.2 Å². The molecule has 4 nitrogen and oxygen atoms in total. The van der Waals surface area contributed by atoms with Gasteiger partial charge in [0.25, 0.3) is 0 Å². The van der Waals surface area contributed by atoms with Crippen LogP contribution in [0.3, 0.4) is 0 Å². The number of anilines is 1. The summed E-state index contributed by atoms with van der Waals surface area (Å²) in [6.45, 7) is 4.76. The fourth-order valence-electron chi connectivity index (χ4n) is 2.04. The van der Waals surface area contributed by atoms with Crippen molar-refractivity contribution < 1.29 is 9.53 Å². The monoisotopic (exact) mass is 322 g/mol. The quantitative estimate of drug-likeness (QED) is 0.527. The van der Waals surface area contributed by atoms with Crippen molar-refractivity contribution >= 4 is 28.9 Å². The minimum atomic E-state index is -0.0278. The van der Waals surface area contributed by atoms with Gasteiger partial charge in [0.05, 0.1) is 6.61 Å². The highest BCUT2D eigenvalue weighted by Crippen LogP contribution is 2.15. The third-order valence-electron chi connectivity index (χ3n) is 3.18. The summed E-state index contributed by atoms with van der Waals surface area (Å²) in [5.41, 5.74) is 0.830. The molecule has 0 aliphatic rings. The Bertz CT molecular complexity index is 460. The zero-order chi connectivity index (χ0) is 16.2. The van der Waals surface area contributed by atoms with E-state index in [-0.39, 0.29) is 5.91 Å². The summed E-state index contributed by atoms with van der Waals surface area (Å²) in [6.07, 6.45) is 6.17. The van der Waals surface area contributed by atoms with Crippen LogP contribution in [-0.4, -0.2) is 17.6 Å². The summed E-state index contributed by atoms with van der Waals surface area (Å²) in [7, 11) is 0. The summed E-state index contributed by atoms with van der Waals surface area (Å²) >= 11 is 5.14. The summed E-state index contributed by atoms with van der Waals surface area (Å²) in [5, 5.41) is 6.04. The van der Waals surface area contributed by atoms with E-state index in [9.17, 15) is 4.79 Å². The fourth-order valence-corrected chi connectivity index (χ4v) is 2.27. The van der Waals surface area contributed by atoms with Crippen molar-refractivity contribution in [2.45, 2.75) is 52.4 Å². The number of carbonyl (C=O) groups excluding carboxylic acids is 1. The number of hydrogen-bond acceptors (Lipinski definition) is 3. The number of carbonyl (C=O) groups is 1. The Kier molecular flexibility index (Phi) is 9.23. The Balaban J connectivity index is 2.25. The van der Waals surface area contributed by atoms with Crippen LogP contribution in [0.2, 0.25) is 0 Å². The smallest absolute Gasteiger partial charge is 0.226 e. The molecular formula is C17H26N2O2S. The number of unbranched alkanes of at least 4 members (excludes halogenated alkanes) is 4. The number of ether oxygens (including phenoxy) is 1. The molecule has 1 rings (SSSR count).